The van der Waals surface area contributed by atoms with Crippen LogP contribution in [0, 0.1) is 5.82 Å². The molecule has 0 bridgehead atoms. The van der Waals surface area contributed by atoms with Gasteiger partial charge in [-0.25, -0.2) is 13.9 Å². The van der Waals surface area contributed by atoms with Crippen LogP contribution in [0.2, 0.25) is 0 Å². The topological polar surface area (TPSA) is 82.8 Å². The highest BCUT2D eigenvalue weighted by molar-refractivity contribution is 5.96. The summed E-state index contributed by atoms with van der Waals surface area (Å²) in [4.78, 5) is 33.0. The molecule has 5 rings (SSSR count). The summed E-state index contributed by atoms with van der Waals surface area (Å²) >= 11 is 0. The van der Waals surface area contributed by atoms with Gasteiger partial charge in [0.05, 0.1) is 17.3 Å². The fourth-order valence-electron chi connectivity index (χ4n) is 4.25. The minimum Gasteiger partial charge on any atom is -0.352 e. The first-order chi connectivity index (χ1) is 18.2. The van der Waals surface area contributed by atoms with Crippen molar-refractivity contribution < 1.29 is 27.2 Å². The van der Waals surface area contributed by atoms with E-state index in [1.807, 2.05) is 4.90 Å². The van der Waals surface area contributed by atoms with E-state index < -0.39 is 23.6 Å². The van der Waals surface area contributed by atoms with Gasteiger partial charge in [0.1, 0.15) is 17.3 Å². The van der Waals surface area contributed by atoms with Crippen LogP contribution in [0.1, 0.15) is 32.0 Å². The van der Waals surface area contributed by atoms with Gasteiger partial charge in [-0.05, 0) is 42.0 Å². The smallest absolute Gasteiger partial charge is 0.352 e. The molecule has 196 valence electrons. The number of anilines is 1. The monoisotopic (exact) mass is 526 g/mol. The lowest BCUT2D eigenvalue weighted by Gasteiger charge is -2.35. The normalized spacial score (nSPS) is 14.1. The SMILES string of the molecule is O=C(NCc1ccc(F)cc1)c1cn2nc(N3CCN(C(=O)c4ccccc4C(F)(F)F)CC3)ccc2n1. The maximum Gasteiger partial charge on any atom is 0.417 e. The van der Waals surface area contributed by atoms with Gasteiger partial charge in [-0.2, -0.15) is 13.2 Å². The third-order valence-corrected chi connectivity index (χ3v) is 6.26. The van der Waals surface area contributed by atoms with Gasteiger partial charge in [0, 0.05) is 32.7 Å². The number of piperazine rings is 1. The van der Waals surface area contributed by atoms with Crippen molar-refractivity contribution in [3.8, 4) is 0 Å². The lowest BCUT2D eigenvalue weighted by molar-refractivity contribution is -0.138. The highest BCUT2D eigenvalue weighted by atomic mass is 19.4. The first-order valence-corrected chi connectivity index (χ1v) is 11.8. The number of amides is 2. The molecule has 4 aromatic rings. The number of carbonyl (C=O) groups is 2. The molecule has 0 aliphatic carbocycles. The summed E-state index contributed by atoms with van der Waals surface area (Å²) in [6, 6.07) is 14.0. The van der Waals surface area contributed by atoms with E-state index in [0.717, 1.165) is 11.6 Å². The van der Waals surface area contributed by atoms with Gasteiger partial charge < -0.3 is 15.1 Å². The van der Waals surface area contributed by atoms with Crippen molar-refractivity contribution in [1.82, 2.24) is 24.8 Å². The summed E-state index contributed by atoms with van der Waals surface area (Å²) in [6.07, 6.45) is -3.12. The predicted octanol–water partition coefficient (Wildman–Crippen LogP) is 3.78. The quantitative estimate of drug-likeness (QED) is 0.401. The van der Waals surface area contributed by atoms with E-state index in [1.165, 1.54) is 45.9 Å². The Labute approximate surface area is 214 Å². The van der Waals surface area contributed by atoms with Gasteiger partial charge in [0.25, 0.3) is 11.8 Å². The average Bonchev–Trinajstić information content (AvgIpc) is 3.35. The predicted molar refractivity (Wildman–Crippen MR) is 130 cm³/mol. The molecular formula is C26H22F4N6O2. The van der Waals surface area contributed by atoms with Crippen molar-refractivity contribution in [2.24, 2.45) is 0 Å². The lowest BCUT2D eigenvalue weighted by atomic mass is 10.1. The van der Waals surface area contributed by atoms with Crippen molar-refractivity contribution in [3.63, 3.8) is 0 Å². The Morgan fingerprint density at radius 2 is 1.63 bits per heavy atom. The third kappa shape index (κ3) is 5.29. The molecule has 1 aliphatic rings. The molecular weight excluding hydrogens is 504 g/mol. The molecule has 2 aromatic carbocycles. The first-order valence-electron chi connectivity index (χ1n) is 11.8. The second kappa shape index (κ2) is 10.1. The van der Waals surface area contributed by atoms with Crippen LogP contribution in [-0.2, 0) is 12.7 Å². The average molecular weight is 526 g/mol. The molecule has 8 nitrogen and oxygen atoms in total. The number of aromatic nitrogens is 3. The van der Waals surface area contributed by atoms with Gasteiger partial charge in [-0.1, -0.05) is 24.3 Å². The Hall–Kier alpha value is -4.48. The van der Waals surface area contributed by atoms with Crippen molar-refractivity contribution in [2.45, 2.75) is 12.7 Å². The number of halogens is 4. The second-order valence-corrected chi connectivity index (χ2v) is 8.75. The van der Waals surface area contributed by atoms with Crippen LogP contribution < -0.4 is 10.2 Å². The summed E-state index contributed by atoms with van der Waals surface area (Å²) in [5.41, 5.74) is 0.0472. The van der Waals surface area contributed by atoms with E-state index in [4.69, 9.17) is 0 Å². The van der Waals surface area contributed by atoms with Gasteiger partial charge in [0.2, 0.25) is 0 Å². The highest BCUT2D eigenvalue weighted by Gasteiger charge is 2.36. The number of imidazole rings is 1. The van der Waals surface area contributed by atoms with E-state index >= 15 is 0 Å². The number of rotatable bonds is 5. The summed E-state index contributed by atoms with van der Waals surface area (Å²) < 4.78 is 54.5. The molecule has 1 N–H and O–H groups in total. The van der Waals surface area contributed by atoms with E-state index in [0.29, 0.717) is 24.6 Å². The molecule has 38 heavy (non-hydrogen) atoms. The van der Waals surface area contributed by atoms with Crippen molar-refractivity contribution in [1.29, 1.82) is 0 Å². The molecule has 0 saturated carbocycles. The zero-order chi connectivity index (χ0) is 26.9. The van der Waals surface area contributed by atoms with Crippen molar-refractivity contribution >= 4 is 23.3 Å². The molecule has 0 spiro atoms. The van der Waals surface area contributed by atoms with Crippen LogP contribution >= 0.6 is 0 Å². The summed E-state index contributed by atoms with van der Waals surface area (Å²) in [5.74, 6) is -0.849. The number of nitrogens with one attached hydrogen (secondary N) is 1. The molecule has 12 heteroatoms. The van der Waals surface area contributed by atoms with Gasteiger partial charge in [0.15, 0.2) is 5.65 Å². The minimum atomic E-state index is -4.62. The zero-order valence-corrected chi connectivity index (χ0v) is 20.0. The molecule has 2 aromatic heterocycles. The molecule has 0 unspecified atom stereocenters. The number of nitrogens with zero attached hydrogens (tertiary/aromatic N) is 5. The van der Waals surface area contributed by atoms with Crippen molar-refractivity contribution in [3.05, 3.63) is 95.1 Å². The summed E-state index contributed by atoms with van der Waals surface area (Å²) in [5, 5.41) is 7.24. The van der Waals surface area contributed by atoms with Crippen LogP contribution in [0.4, 0.5) is 23.4 Å². The molecule has 0 radical (unpaired) electrons. The van der Waals surface area contributed by atoms with Gasteiger partial charge in [-0.15, -0.1) is 5.10 Å². The Morgan fingerprint density at radius 1 is 0.921 bits per heavy atom. The third-order valence-electron chi connectivity index (χ3n) is 6.26. The molecule has 1 saturated heterocycles. The standard InChI is InChI=1S/C26H22F4N6O2/c27-18-7-5-17(6-8-18)15-31-24(37)21-16-36-22(32-21)9-10-23(33-36)34-11-13-35(14-12-34)25(38)19-3-1-2-4-20(19)26(28,29)30/h1-10,16H,11-15H2,(H,31,37). The van der Waals surface area contributed by atoms with E-state index in [1.54, 1.807) is 24.3 Å². The molecule has 0 atom stereocenters. The van der Waals surface area contributed by atoms with Crippen LogP contribution in [0.5, 0.6) is 0 Å². The second-order valence-electron chi connectivity index (χ2n) is 8.75. The lowest BCUT2D eigenvalue weighted by Crippen LogP contribution is -2.49. The van der Waals surface area contributed by atoms with Crippen LogP contribution in [0.3, 0.4) is 0 Å². The first kappa shape index (κ1) is 25.2. The van der Waals surface area contributed by atoms with Crippen LogP contribution in [-0.4, -0.2) is 57.5 Å². The number of alkyl halides is 3. The Balaban J connectivity index is 1.23. The number of hydrogen-bond donors (Lipinski definition) is 1. The molecule has 1 aliphatic heterocycles. The maximum absolute atomic E-state index is 13.3. The molecule has 3 heterocycles. The number of fused-ring (bicyclic) bond motifs is 1. The number of carbonyl (C=O) groups excluding carboxylic acids is 2. The molecule has 2 amide bonds. The van der Waals surface area contributed by atoms with Gasteiger partial charge >= 0.3 is 6.18 Å². The fourth-order valence-corrected chi connectivity index (χ4v) is 4.25. The number of hydrogen-bond acceptors (Lipinski definition) is 5. The van der Waals surface area contributed by atoms with Crippen LogP contribution in [0.15, 0.2) is 66.9 Å². The minimum absolute atomic E-state index is 0.163. The Kier molecular flexibility index (Phi) is 6.70. The van der Waals surface area contributed by atoms with Crippen LogP contribution in [0.25, 0.3) is 5.65 Å². The fraction of sp³-hybridized carbons (Fsp3) is 0.231. The van der Waals surface area contributed by atoms with E-state index in [9.17, 15) is 27.2 Å². The maximum atomic E-state index is 13.3. The van der Waals surface area contributed by atoms with Crippen molar-refractivity contribution in [2.75, 3.05) is 31.1 Å². The summed E-state index contributed by atoms with van der Waals surface area (Å²) in [6.45, 7) is 1.41. The molecule has 1 fully saturated rings. The zero-order valence-electron chi connectivity index (χ0n) is 20.0. The van der Waals surface area contributed by atoms with E-state index in [-0.39, 0.29) is 36.7 Å². The Morgan fingerprint density at radius 3 is 2.34 bits per heavy atom. The van der Waals surface area contributed by atoms with E-state index in [2.05, 4.69) is 15.4 Å². The number of benzene rings is 2. The summed E-state index contributed by atoms with van der Waals surface area (Å²) in [7, 11) is 0. The largest absolute Gasteiger partial charge is 0.417 e. The Bertz CT molecular complexity index is 1480. The van der Waals surface area contributed by atoms with Gasteiger partial charge in [-0.3, -0.25) is 9.59 Å². The highest BCUT2D eigenvalue weighted by Crippen LogP contribution is 2.32.